The summed E-state index contributed by atoms with van der Waals surface area (Å²) in [7, 11) is 0. The SMILES string of the molecule is CCC(C)C(=O)OCCCCNC(=O)C1CCC2OC2C1. The summed E-state index contributed by atoms with van der Waals surface area (Å²) in [4.78, 5) is 23.4. The average Bonchev–Trinajstić information content (AvgIpc) is 3.27. The number of carbonyl (C=O) groups is 2. The third kappa shape index (κ3) is 4.99. The molecule has 4 unspecified atom stereocenters. The number of amides is 1. The highest BCUT2D eigenvalue weighted by atomic mass is 16.6. The molecular weight excluding hydrogens is 270 g/mol. The molecule has 2 aliphatic rings. The number of unbranched alkanes of at least 4 members (excludes halogenated alkanes) is 1. The second-order valence-electron chi connectivity index (χ2n) is 6.20. The molecule has 0 bridgehead atoms. The van der Waals surface area contributed by atoms with Gasteiger partial charge in [-0.25, -0.2) is 0 Å². The van der Waals surface area contributed by atoms with Crippen molar-refractivity contribution >= 4 is 11.9 Å². The number of ether oxygens (including phenoxy) is 2. The molecule has 4 atom stereocenters. The number of esters is 1. The van der Waals surface area contributed by atoms with E-state index in [1.54, 1.807) is 0 Å². The highest BCUT2D eigenvalue weighted by Gasteiger charge is 2.45. The molecule has 0 aromatic heterocycles. The van der Waals surface area contributed by atoms with Gasteiger partial charge in [-0.3, -0.25) is 9.59 Å². The Morgan fingerprint density at radius 2 is 2.10 bits per heavy atom. The maximum absolute atomic E-state index is 12.0. The zero-order valence-electron chi connectivity index (χ0n) is 13.1. The Hall–Kier alpha value is -1.10. The minimum Gasteiger partial charge on any atom is -0.465 e. The van der Waals surface area contributed by atoms with Gasteiger partial charge in [-0.2, -0.15) is 0 Å². The minimum atomic E-state index is -0.122. The van der Waals surface area contributed by atoms with Crippen molar-refractivity contribution in [2.45, 2.75) is 64.6 Å². The smallest absolute Gasteiger partial charge is 0.308 e. The minimum absolute atomic E-state index is 0.0236. The van der Waals surface area contributed by atoms with Crippen LogP contribution in [-0.4, -0.2) is 37.2 Å². The van der Waals surface area contributed by atoms with E-state index in [2.05, 4.69) is 5.32 Å². The fourth-order valence-electron chi connectivity index (χ4n) is 2.71. The number of hydrogen-bond donors (Lipinski definition) is 1. The van der Waals surface area contributed by atoms with Crippen LogP contribution in [0.4, 0.5) is 0 Å². The third-order valence-electron chi connectivity index (χ3n) is 4.50. The Morgan fingerprint density at radius 1 is 1.29 bits per heavy atom. The molecule has 0 radical (unpaired) electrons. The van der Waals surface area contributed by atoms with Crippen molar-refractivity contribution in [3.05, 3.63) is 0 Å². The quantitative estimate of drug-likeness (QED) is 0.423. The van der Waals surface area contributed by atoms with Gasteiger partial charge in [0.15, 0.2) is 0 Å². The average molecular weight is 297 g/mol. The van der Waals surface area contributed by atoms with Crippen LogP contribution in [0.25, 0.3) is 0 Å². The molecule has 2 fully saturated rings. The van der Waals surface area contributed by atoms with E-state index in [4.69, 9.17) is 9.47 Å². The highest BCUT2D eigenvalue weighted by molar-refractivity contribution is 5.78. The Balaban J connectivity index is 1.47. The molecule has 0 aromatic carbocycles. The Bertz CT molecular complexity index is 371. The number of nitrogens with one attached hydrogen (secondary N) is 1. The van der Waals surface area contributed by atoms with E-state index in [-0.39, 0.29) is 23.7 Å². The van der Waals surface area contributed by atoms with Gasteiger partial charge in [0.25, 0.3) is 0 Å². The molecule has 1 N–H and O–H groups in total. The number of carbonyl (C=O) groups excluding carboxylic acids is 2. The summed E-state index contributed by atoms with van der Waals surface area (Å²) in [5.74, 6) is 0.129. The molecule has 1 saturated heterocycles. The largest absolute Gasteiger partial charge is 0.465 e. The van der Waals surface area contributed by atoms with Gasteiger partial charge < -0.3 is 14.8 Å². The normalized spacial score (nSPS) is 28.4. The van der Waals surface area contributed by atoms with Crippen molar-refractivity contribution in [1.82, 2.24) is 5.32 Å². The van der Waals surface area contributed by atoms with Crippen LogP contribution in [0.1, 0.15) is 52.4 Å². The van der Waals surface area contributed by atoms with Crippen LogP contribution in [-0.2, 0) is 19.1 Å². The monoisotopic (exact) mass is 297 g/mol. The first-order chi connectivity index (χ1) is 10.1. The van der Waals surface area contributed by atoms with Crippen molar-refractivity contribution in [2.75, 3.05) is 13.2 Å². The molecule has 5 nitrogen and oxygen atoms in total. The van der Waals surface area contributed by atoms with Gasteiger partial charge in [0.1, 0.15) is 0 Å². The van der Waals surface area contributed by atoms with Crippen molar-refractivity contribution in [3.63, 3.8) is 0 Å². The van der Waals surface area contributed by atoms with Crippen LogP contribution in [0.3, 0.4) is 0 Å². The molecule has 1 saturated carbocycles. The van der Waals surface area contributed by atoms with E-state index < -0.39 is 0 Å². The van der Waals surface area contributed by atoms with E-state index in [9.17, 15) is 9.59 Å². The van der Waals surface area contributed by atoms with E-state index in [0.29, 0.717) is 25.4 Å². The summed E-state index contributed by atoms with van der Waals surface area (Å²) in [6.45, 7) is 4.95. The number of epoxide rings is 1. The van der Waals surface area contributed by atoms with Gasteiger partial charge >= 0.3 is 5.97 Å². The number of fused-ring (bicyclic) bond motifs is 1. The van der Waals surface area contributed by atoms with E-state index in [0.717, 1.165) is 38.5 Å². The molecular formula is C16H27NO4. The molecule has 0 aromatic rings. The molecule has 5 heteroatoms. The summed E-state index contributed by atoms with van der Waals surface area (Å²) in [5.41, 5.74) is 0. The number of hydrogen-bond acceptors (Lipinski definition) is 4. The first kappa shape index (κ1) is 16.3. The van der Waals surface area contributed by atoms with Crippen LogP contribution in [0.2, 0.25) is 0 Å². The van der Waals surface area contributed by atoms with Gasteiger partial charge in [-0.15, -0.1) is 0 Å². The molecule has 0 spiro atoms. The van der Waals surface area contributed by atoms with Gasteiger partial charge in [0, 0.05) is 12.5 Å². The molecule has 120 valence electrons. The third-order valence-corrected chi connectivity index (χ3v) is 4.50. The summed E-state index contributed by atoms with van der Waals surface area (Å²) < 4.78 is 10.6. The molecule has 1 amide bonds. The van der Waals surface area contributed by atoms with Crippen molar-refractivity contribution in [1.29, 1.82) is 0 Å². The van der Waals surface area contributed by atoms with Crippen LogP contribution >= 0.6 is 0 Å². The van der Waals surface area contributed by atoms with Crippen LogP contribution < -0.4 is 5.32 Å². The standard InChI is InChI=1S/C16H27NO4/c1-3-11(2)16(19)20-9-5-4-8-17-15(18)12-6-7-13-14(10-12)21-13/h11-14H,3-10H2,1-2H3,(H,17,18). The van der Waals surface area contributed by atoms with Gasteiger partial charge in [0.2, 0.25) is 5.91 Å². The van der Waals surface area contributed by atoms with E-state index in [1.165, 1.54) is 0 Å². The van der Waals surface area contributed by atoms with Crippen molar-refractivity contribution < 1.29 is 19.1 Å². The second kappa shape index (κ2) is 7.78. The van der Waals surface area contributed by atoms with E-state index >= 15 is 0 Å². The molecule has 1 heterocycles. The molecule has 2 rings (SSSR count). The highest BCUT2D eigenvalue weighted by Crippen LogP contribution is 2.39. The maximum Gasteiger partial charge on any atom is 0.308 e. The van der Waals surface area contributed by atoms with Gasteiger partial charge in [0.05, 0.1) is 24.7 Å². The molecule has 21 heavy (non-hydrogen) atoms. The predicted molar refractivity (Wildman–Crippen MR) is 78.7 cm³/mol. The summed E-state index contributed by atoms with van der Waals surface area (Å²) >= 11 is 0. The fourth-order valence-corrected chi connectivity index (χ4v) is 2.71. The first-order valence-corrected chi connectivity index (χ1v) is 8.21. The van der Waals surface area contributed by atoms with Crippen LogP contribution in [0, 0.1) is 11.8 Å². The van der Waals surface area contributed by atoms with Gasteiger partial charge in [-0.05, 0) is 38.5 Å². The van der Waals surface area contributed by atoms with Crippen molar-refractivity contribution in [2.24, 2.45) is 11.8 Å². The Morgan fingerprint density at radius 3 is 2.81 bits per heavy atom. The lowest BCUT2D eigenvalue weighted by atomic mass is 9.89. The van der Waals surface area contributed by atoms with Crippen molar-refractivity contribution in [3.8, 4) is 0 Å². The lowest BCUT2D eigenvalue weighted by Crippen LogP contribution is -2.34. The zero-order chi connectivity index (χ0) is 15.2. The lowest BCUT2D eigenvalue weighted by Gasteiger charge is -2.18. The molecule has 1 aliphatic carbocycles. The summed E-state index contributed by atoms with van der Waals surface area (Å²) in [6, 6.07) is 0. The zero-order valence-corrected chi connectivity index (χ0v) is 13.1. The van der Waals surface area contributed by atoms with Crippen LogP contribution in [0.15, 0.2) is 0 Å². The maximum atomic E-state index is 12.0. The summed E-state index contributed by atoms with van der Waals surface area (Å²) in [5, 5.41) is 2.98. The Kier molecular flexibility index (Phi) is 6.03. The van der Waals surface area contributed by atoms with Gasteiger partial charge in [-0.1, -0.05) is 13.8 Å². The first-order valence-electron chi connectivity index (χ1n) is 8.21. The van der Waals surface area contributed by atoms with E-state index in [1.807, 2.05) is 13.8 Å². The lowest BCUT2D eigenvalue weighted by molar-refractivity contribution is -0.148. The topological polar surface area (TPSA) is 67.9 Å². The molecule has 1 aliphatic heterocycles. The predicted octanol–water partition coefficient (Wildman–Crippen LogP) is 2.04. The summed E-state index contributed by atoms with van der Waals surface area (Å²) in [6.07, 6.45) is 6.07. The fraction of sp³-hybridized carbons (Fsp3) is 0.875. The van der Waals surface area contributed by atoms with Crippen LogP contribution in [0.5, 0.6) is 0 Å². The Labute approximate surface area is 126 Å². The number of rotatable bonds is 8. The second-order valence-corrected chi connectivity index (χ2v) is 6.20.